The fourth-order valence-corrected chi connectivity index (χ4v) is 6.46. The van der Waals surface area contributed by atoms with E-state index in [9.17, 15) is 4.79 Å². The van der Waals surface area contributed by atoms with Crippen molar-refractivity contribution in [1.29, 1.82) is 0 Å². The molecule has 0 N–H and O–H groups in total. The predicted octanol–water partition coefficient (Wildman–Crippen LogP) is 8.91. The van der Waals surface area contributed by atoms with Crippen molar-refractivity contribution in [1.82, 2.24) is 19.4 Å². The van der Waals surface area contributed by atoms with Gasteiger partial charge in [-0.3, -0.25) is 4.79 Å². The Morgan fingerprint density at radius 2 is 1.02 bits per heavy atom. The van der Waals surface area contributed by atoms with Gasteiger partial charge >= 0.3 is 0 Å². The lowest BCUT2D eigenvalue weighted by Crippen LogP contribution is -2.07. The summed E-state index contributed by atoms with van der Waals surface area (Å²) in [5, 5.41) is 3.39. The Morgan fingerprint density at radius 1 is 0.488 bits per heavy atom. The van der Waals surface area contributed by atoms with E-state index in [2.05, 4.69) is 54.5 Å². The number of pyridine rings is 1. The van der Waals surface area contributed by atoms with E-state index in [1.165, 1.54) is 0 Å². The summed E-state index contributed by atoms with van der Waals surface area (Å²) < 4.78 is 4.05. The molecule has 0 saturated carbocycles. The van der Waals surface area contributed by atoms with Gasteiger partial charge in [0.2, 0.25) is 0 Å². The van der Waals surface area contributed by atoms with E-state index in [1.54, 1.807) is 0 Å². The van der Waals surface area contributed by atoms with Crippen LogP contribution in [0, 0.1) is 0 Å². The monoisotopic (exact) mass is 656 g/mol. The molecule has 0 bridgehead atoms. The molecular weight excluding hydrogens is 640 g/mol. The highest BCUT2D eigenvalue weighted by molar-refractivity contribution is 9.10. The molecule has 0 amide bonds. The molecule has 7 heteroatoms. The van der Waals surface area contributed by atoms with Gasteiger partial charge in [0.1, 0.15) is 0 Å². The smallest absolute Gasteiger partial charge is 0.197 e. The Morgan fingerprint density at radius 3 is 1.68 bits per heavy atom. The van der Waals surface area contributed by atoms with E-state index in [-0.39, 0.29) is 5.43 Å². The lowest BCUT2D eigenvalue weighted by atomic mass is 10.1. The van der Waals surface area contributed by atoms with E-state index in [0.29, 0.717) is 28.2 Å². The molecule has 0 spiro atoms. The fraction of sp³-hybridized carbons (Fsp3) is 0. The van der Waals surface area contributed by atoms with Crippen LogP contribution in [-0.4, -0.2) is 19.4 Å². The number of hydrogen-bond donors (Lipinski definition) is 0. The van der Waals surface area contributed by atoms with Crippen molar-refractivity contribution in [2.45, 2.75) is 0 Å². The molecule has 0 radical (unpaired) electrons. The SMILES string of the molecule is O=c1c2cc(-c3nc(-c4ccccc4)nc(-c4ccccc4)n3)ccc2n2c3ccc(Br)cc3c3cc(Br)cc1c32. The highest BCUT2D eigenvalue weighted by Crippen LogP contribution is 2.37. The maximum atomic E-state index is 14.1. The van der Waals surface area contributed by atoms with Crippen LogP contribution in [0.4, 0.5) is 0 Å². The van der Waals surface area contributed by atoms with Gasteiger partial charge in [-0.05, 0) is 48.5 Å². The van der Waals surface area contributed by atoms with Gasteiger partial charge in [0.05, 0.1) is 16.6 Å². The highest BCUT2D eigenvalue weighted by atomic mass is 79.9. The number of nitrogens with zero attached hydrogens (tertiary/aromatic N) is 4. The summed E-state index contributed by atoms with van der Waals surface area (Å²) in [7, 11) is 0. The van der Waals surface area contributed by atoms with Gasteiger partial charge < -0.3 is 4.40 Å². The molecule has 0 saturated heterocycles. The summed E-state index contributed by atoms with van der Waals surface area (Å²) in [6.07, 6.45) is 0. The Labute approximate surface area is 250 Å². The van der Waals surface area contributed by atoms with Gasteiger partial charge in [-0.25, -0.2) is 15.0 Å². The van der Waals surface area contributed by atoms with E-state index < -0.39 is 0 Å². The van der Waals surface area contributed by atoms with Crippen molar-refractivity contribution in [2.75, 3.05) is 0 Å². The van der Waals surface area contributed by atoms with E-state index >= 15 is 0 Å². The van der Waals surface area contributed by atoms with Gasteiger partial charge in [0, 0.05) is 47.2 Å². The molecule has 5 nitrogen and oxygen atoms in total. The third kappa shape index (κ3) is 3.88. The van der Waals surface area contributed by atoms with Crippen LogP contribution in [0.15, 0.2) is 123 Å². The van der Waals surface area contributed by atoms with Gasteiger partial charge in [0.25, 0.3) is 0 Å². The minimum absolute atomic E-state index is 0.0249. The third-order valence-corrected chi connectivity index (χ3v) is 8.42. The second-order valence-electron chi connectivity index (χ2n) is 9.95. The summed E-state index contributed by atoms with van der Waals surface area (Å²) in [4.78, 5) is 28.6. The largest absolute Gasteiger partial charge is 0.308 e. The molecule has 3 heterocycles. The van der Waals surface area contributed by atoms with Gasteiger partial charge in [0.15, 0.2) is 22.9 Å². The van der Waals surface area contributed by atoms with Crippen LogP contribution in [0.1, 0.15) is 0 Å². The molecule has 0 aliphatic heterocycles. The molecule has 0 atom stereocenters. The zero-order chi connectivity index (χ0) is 27.7. The predicted molar refractivity (Wildman–Crippen MR) is 172 cm³/mol. The second-order valence-corrected chi connectivity index (χ2v) is 11.8. The first kappa shape index (κ1) is 24.3. The molecule has 194 valence electrons. The molecule has 0 unspecified atom stereocenters. The van der Waals surface area contributed by atoms with Crippen molar-refractivity contribution < 1.29 is 0 Å². The van der Waals surface area contributed by atoms with Crippen molar-refractivity contribution in [3.8, 4) is 34.2 Å². The number of halogens is 2. The number of aromatic nitrogens is 4. The first-order chi connectivity index (χ1) is 20.0. The van der Waals surface area contributed by atoms with Crippen molar-refractivity contribution in [2.24, 2.45) is 0 Å². The summed E-state index contributed by atoms with van der Waals surface area (Å²) in [5.41, 5.74) is 5.33. The average Bonchev–Trinajstić information content (AvgIpc) is 3.33. The Balaban J connectivity index is 1.43. The normalized spacial score (nSPS) is 11.8. The Bertz CT molecular complexity index is 2300. The molecule has 3 aromatic heterocycles. The summed E-state index contributed by atoms with van der Waals surface area (Å²) in [6.45, 7) is 0. The maximum Gasteiger partial charge on any atom is 0.197 e. The van der Waals surface area contributed by atoms with Crippen LogP contribution >= 0.6 is 31.9 Å². The molecule has 8 aromatic rings. The van der Waals surface area contributed by atoms with Crippen LogP contribution in [0.5, 0.6) is 0 Å². The highest BCUT2D eigenvalue weighted by Gasteiger charge is 2.20. The van der Waals surface area contributed by atoms with Crippen LogP contribution in [0.2, 0.25) is 0 Å². The van der Waals surface area contributed by atoms with Gasteiger partial charge in [-0.1, -0.05) is 92.5 Å². The van der Waals surface area contributed by atoms with Crippen molar-refractivity contribution in [3.05, 3.63) is 128 Å². The van der Waals surface area contributed by atoms with Crippen molar-refractivity contribution in [3.63, 3.8) is 0 Å². The molecule has 0 aliphatic rings. The molecule has 0 fully saturated rings. The number of fused-ring (bicyclic) bond motifs is 5. The number of hydrogen-bond acceptors (Lipinski definition) is 4. The number of rotatable bonds is 3. The van der Waals surface area contributed by atoms with E-state index in [1.807, 2.05) is 91.0 Å². The average molecular weight is 658 g/mol. The topological polar surface area (TPSA) is 60.2 Å². The van der Waals surface area contributed by atoms with Gasteiger partial charge in [-0.2, -0.15) is 0 Å². The molecule has 0 aliphatic carbocycles. The molecule has 5 aromatic carbocycles. The zero-order valence-corrected chi connectivity index (χ0v) is 24.5. The first-order valence-corrected chi connectivity index (χ1v) is 14.6. The van der Waals surface area contributed by atoms with E-state index in [0.717, 1.165) is 53.0 Å². The fourth-order valence-electron chi connectivity index (χ4n) is 5.64. The van der Waals surface area contributed by atoms with Crippen molar-refractivity contribution >= 4 is 70.0 Å². The summed E-state index contributed by atoms with van der Waals surface area (Å²) in [6, 6.07) is 35.9. The minimum atomic E-state index is -0.0249. The Kier molecular flexibility index (Phi) is 5.52. The summed E-state index contributed by atoms with van der Waals surface area (Å²) in [5.74, 6) is 1.67. The van der Waals surface area contributed by atoms with Crippen LogP contribution in [0.3, 0.4) is 0 Å². The zero-order valence-electron chi connectivity index (χ0n) is 21.3. The number of benzene rings is 5. The Hall–Kier alpha value is -4.46. The summed E-state index contributed by atoms with van der Waals surface area (Å²) >= 11 is 7.26. The maximum absolute atomic E-state index is 14.1. The van der Waals surface area contributed by atoms with Crippen LogP contribution < -0.4 is 5.43 Å². The second kappa shape index (κ2) is 9.29. The van der Waals surface area contributed by atoms with Gasteiger partial charge in [-0.15, -0.1) is 0 Å². The van der Waals surface area contributed by atoms with Crippen LogP contribution in [0.25, 0.3) is 72.3 Å². The molecule has 8 rings (SSSR count). The van der Waals surface area contributed by atoms with Crippen LogP contribution in [-0.2, 0) is 0 Å². The van der Waals surface area contributed by atoms with E-state index in [4.69, 9.17) is 15.0 Å². The first-order valence-electron chi connectivity index (χ1n) is 13.0. The minimum Gasteiger partial charge on any atom is -0.308 e. The standard InChI is InChI=1S/C34H18Br2N4O/c35-22-12-14-28-24(16-22)25-17-23(36)18-27-30(25)40(28)29-13-11-21(15-26(29)31(27)41)34-38-32(19-7-3-1-4-8-19)37-33(39-34)20-9-5-2-6-10-20/h1-18H. The third-order valence-electron chi connectivity index (χ3n) is 7.47. The lowest BCUT2D eigenvalue weighted by molar-refractivity contribution is 1.07. The lowest BCUT2D eigenvalue weighted by Gasteiger charge is -2.11. The quantitative estimate of drug-likeness (QED) is 0.178. The molecule has 41 heavy (non-hydrogen) atoms. The molecular formula is C34H18Br2N4O.